The van der Waals surface area contributed by atoms with Crippen LogP contribution in [0, 0.1) is 6.92 Å². The summed E-state index contributed by atoms with van der Waals surface area (Å²) in [6, 6.07) is 3.75. The fraction of sp³-hybridized carbons (Fsp3) is 0.400. The third kappa shape index (κ3) is 3.53. The molecule has 6 heteroatoms. The molecule has 0 aliphatic heterocycles. The molecule has 0 radical (unpaired) electrons. The first-order valence-electron chi connectivity index (χ1n) is 7.06. The Kier molecular flexibility index (Phi) is 5.19. The molecule has 0 aliphatic rings. The predicted molar refractivity (Wildman–Crippen MR) is 80.7 cm³/mol. The van der Waals surface area contributed by atoms with Crippen molar-refractivity contribution in [1.82, 2.24) is 20.6 Å². The van der Waals surface area contributed by atoms with E-state index in [2.05, 4.69) is 20.6 Å². The number of pyridine rings is 1. The van der Waals surface area contributed by atoms with E-state index in [-0.39, 0.29) is 6.04 Å². The molecule has 0 saturated heterocycles. The number of ether oxygens (including phenoxy) is 1. The molecule has 2 rings (SSSR count). The zero-order chi connectivity index (χ0) is 15.2. The average molecular weight is 287 g/mol. The van der Waals surface area contributed by atoms with Crippen molar-refractivity contribution in [3.05, 3.63) is 47.0 Å². The number of aryl methyl sites for hydroxylation is 2. The summed E-state index contributed by atoms with van der Waals surface area (Å²) in [4.78, 5) is 4.22. The van der Waals surface area contributed by atoms with E-state index in [0.717, 1.165) is 34.7 Å². The third-order valence-corrected chi connectivity index (χ3v) is 3.22. The summed E-state index contributed by atoms with van der Waals surface area (Å²) in [6.07, 6.45) is 4.26. The molecule has 0 fully saturated rings. The molecular formula is C15H21N5O. The normalized spacial score (nSPS) is 12.2. The molecule has 0 aromatic carbocycles. The van der Waals surface area contributed by atoms with E-state index >= 15 is 0 Å². The molecule has 0 bridgehead atoms. The minimum atomic E-state index is -0.193. The highest BCUT2D eigenvalue weighted by atomic mass is 16.5. The summed E-state index contributed by atoms with van der Waals surface area (Å²) in [5.41, 5.74) is 6.57. The molecule has 0 saturated carbocycles. The topological polar surface area (TPSA) is 86.0 Å². The van der Waals surface area contributed by atoms with Crippen LogP contribution in [0.2, 0.25) is 0 Å². The Balaban J connectivity index is 2.44. The summed E-state index contributed by atoms with van der Waals surface area (Å²) in [6.45, 7) is 6.50. The highest BCUT2D eigenvalue weighted by Crippen LogP contribution is 2.26. The summed E-state index contributed by atoms with van der Waals surface area (Å²) in [5, 5.41) is 8.36. The van der Waals surface area contributed by atoms with Crippen LogP contribution in [0.25, 0.3) is 0 Å². The van der Waals surface area contributed by atoms with Gasteiger partial charge >= 0.3 is 0 Å². The van der Waals surface area contributed by atoms with Gasteiger partial charge < -0.3 is 4.74 Å². The number of aromatic nitrogens is 3. The van der Waals surface area contributed by atoms with Crippen molar-refractivity contribution in [2.45, 2.75) is 33.2 Å². The standard InChI is InChI=1S/C15H21N5O/c1-4-14-13(6-10(3)19-20-14)15(18-16)11-7-12(21-5-2)9-17-8-11/h6-9,15,18H,4-5,16H2,1-3H3. The maximum atomic E-state index is 5.77. The van der Waals surface area contributed by atoms with Crippen molar-refractivity contribution in [2.75, 3.05) is 6.61 Å². The van der Waals surface area contributed by atoms with E-state index in [0.29, 0.717) is 6.61 Å². The Morgan fingerprint density at radius 3 is 2.71 bits per heavy atom. The Hall–Kier alpha value is -2.05. The predicted octanol–water partition coefficient (Wildman–Crippen LogP) is 1.69. The Bertz CT molecular complexity index is 602. The van der Waals surface area contributed by atoms with Crippen LogP contribution in [0.1, 0.15) is 42.4 Å². The van der Waals surface area contributed by atoms with Crippen LogP contribution >= 0.6 is 0 Å². The lowest BCUT2D eigenvalue weighted by Crippen LogP contribution is -2.30. The maximum Gasteiger partial charge on any atom is 0.137 e. The summed E-state index contributed by atoms with van der Waals surface area (Å²) < 4.78 is 5.50. The smallest absolute Gasteiger partial charge is 0.137 e. The van der Waals surface area contributed by atoms with Crippen LogP contribution in [0.15, 0.2) is 24.5 Å². The highest BCUT2D eigenvalue weighted by Gasteiger charge is 2.18. The fourth-order valence-corrected chi connectivity index (χ4v) is 2.26. The number of nitrogens with one attached hydrogen (secondary N) is 1. The Morgan fingerprint density at radius 2 is 2.05 bits per heavy atom. The SMILES string of the molecule is CCOc1cncc(C(NN)c2cc(C)nnc2CC)c1. The van der Waals surface area contributed by atoms with Gasteiger partial charge in [-0.3, -0.25) is 10.8 Å². The zero-order valence-corrected chi connectivity index (χ0v) is 12.6. The fourth-order valence-electron chi connectivity index (χ4n) is 2.26. The molecule has 6 nitrogen and oxygen atoms in total. The number of nitrogens with zero attached hydrogens (tertiary/aromatic N) is 3. The van der Waals surface area contributed by atoms with Crippen molar-refractivity contribution in [3.63, 3.8) is 0 Å². The molecule has 112 valence electrons. The van der Waals surface area contributed by atoms with Crippen molar-refractivity contribution < 1.29 is 4.74 Å². The number of nitrogens with two attached hydrogens (primary N) is 1. The molecule has 2 aromatic rings. The Morgan fingerprint density at radius 1 is 1.24 bits per heavy atom. The van der Waals surface area contributed by atoms with Crippen molar-refractivity contribution in [1.29, 1.82) is 0 Å². The van der Waals surface area contributed by atoms with E-state index in [1.807, 2.05) is 32.9 Å². The number of hydrogen-bond donors (Lipinski definition) is 2. The van der Waals surface area contributed by atoms with Crippen LogP contribution in [-0.2, 0) is 6.42 Å². The molecule has 2 aromatic heterocycles. The first kappa shape index (κ1) is 15.3. The van der Waals surface area contributed by atoms with Gasteiger partial charge in [-0.1, -0.05) is 6.92 Å². The maximum absolute atomic E-state index is 5.77. The van der Waals surface area contributed by atoms with Crippen LogP contribution in [0.3, 0.4) is 0 Å². The summed E-state index contributed by atoms with van der Waals surface area (Å²) in [7, 11) is 0. The number of rotatable bonds is 6. The van der Waals surface area contributed by atoms with Crippen LogP contribution in [0.5, 0.6) is 5.75 Å². The quantitative estimate of drug-likeness (QED) is 0.621. The lowest BCUT2D eigenvalue weighted by molar-refractivity contribution is 0.338. The number of hydrogen-bond acceptors (Lipinski definition) is 6. The van der Waals surface area contributed by atoms with Gasteiger partial charge in [-0.2, -0.15) is 10.2 Å². The van der Waals surface area contributed by atoms with Crippen LogP contribution in [-0.4, -0.2) is 21.8 Å². The van der Waals surface area contributed by atoms with Gasteiger partial charge in [-0.15, -0.1) is 0 Å². The summed E-state index contributed by atoms with van der Waals surface area (Å²) in [5.74, 6) is 6.50. The second-order valence-electron chi connectivity index (χ2n) is 4.73. The third-order valence-electron chi connectivity index (χ3n) is 3.22. The van der Waals surface area contributed by atoms with E-state index in [1.54, 1.807) is 12.4 Å². The average Bonchev–Trinajstić information content (AvgIpc) is 2.49. The van der Waals surface area contributed by atoms with Gasteiger partial charge in [0.1, 0.15) is 5.75 Å². The van der Waals surface area contributed by atoms with Gasteiger partial charge in [0, 0.05) is 11.8 Å². The zero-order valence-electron chi connectivity index (χ0n) is 12.6. The molecule has 3 N–H and O–H groups in total. The first-order chi connectivity index (χ1) is 10.2. The lowest BCUT2D eigenvalue weighted by atomic mass is 9.98. The highest BCUT2D eigenvalue weighted by molar-refractivity contribution is 5.36. The van der Waals surface area contributed by atoms with E-state index in [9.17, 15) is 0 Å². The van der Waals surface area contributed by atoms with Crippen molar-refractivity contribution in [2.24, 2.45) is 5.84 Å². The second-order valence-corrected chi connectivity index (χ2v) is 4.73. The minimum absolute atomic E-state index is 0.193. The molecule has 0 spiro atoms. The van der Waals surface area contributed by atoms with Crippen LogP contribution in [0.4, 0.5) is 0 Å². The molecule has 2 heterocycles. The van der Waals surface area contributed by atoms with Gasteiger partial charge in [-0.05, 0) is 38.0 Å². The molecular weight excluding hydrogens is 266 g/mol. The largest absolute Gasteiger partial charge is 0.492 e. The molecule has 0 aliphatic carbocycles. The monoisotopic (exact) mass is 287 g/mol. The van der Waals surface area contributed by atoms with E-state index in [1.165, 1.54) is 0 Å². The van der Waals surface area contributed by atoms with E-state index in [4.69, 9.17) is 10.6 Å². The van der Waals surface area contributed by atoms with E-state index < -0.39 is 0 Å². The molecule has 21 heavy (non-hydrogen) atoms. The molecule has 0 amide bonds. The Labute approximate surface area is 124 Å². The van der Waals surface area contributed by atoms with Crippen molar-refractivity contribution >= 4 is 0 Å². The van der Waals surface area contributed by atoms with Crippen LogP contribution < -0.4 is 16.0 Å². The first-order valence-corrected chi connectivity index (χ1v) is 7.06. The van der Waals surface area contributed by atoms with Crippen molar-refractivity contribution in [3.8, 4) is 5.75 Å². The van der Waals surface area contributed by atoms with Gasteiger partial charge in [0.2, 0.25) is 0 Å². The van der Waals surface area contributed by atoms with Gasteiger partial charge in [0.15, 0.2) is 0 Å². The van der Waals surface area contributed by atoms with Gasteiger partial charge in [-0.25, -0.2) is 5.43 Å². The summed E-state index contributed by atoms with van der Waals surface area (Å²) >= 11 is 0. The molecule has 1 atom stereocenters. The minimum Gasteiger partial charge on any atom is -0.492 e. The lowest BCUT2D eigenvalue weighted by Gasteiger charge is -2.19. The number of hydrazine groups is 1. The molecule has 1 unspecified atom stereocenters. The second kappa shape index (κ2) is 7.10. The van der Waals surface area contributed by atoms with Gasteiger partial charge in [0.05, 0.1) is 30.2 Å². The van der Waals surface area contributed by atoms with Gasteiger partial charge in [0.25, 0.3) is 0 Å².